The standard InChI is InChI=1S/C13H11Cl2N3O3/c14-8-2-1-7(10(15)5-8)3-4-16-11(19)9-6-17-13(21)18-12(9)20/h1-2,5-6H,3-4H2,(H,16,19)(H2,17,18,20,21). The Bertz CT molecular complexity index is 783. The fraction of sp³-hybridized carbons (Fsp3) is 0.154. The average molecular weight is 328 g/mol. The summed E-state index contributed by atoms with van der Waals surface area (Å²) in [6, 6.07) is 5.09. The fourth-order valence-electron chi connectivity index (χ4n) is 1.71. The SMILES string of the molecule is O=C(NCCc1ccc(Cl)cc1Cl)c1c[nH]c(=O)[nH]c1=O. The minimum atomic E-state index is -0.735. The highest BCUT2D eigenvalue weighted by Gasteiger charge is 2.10. The number of carbonyl (C=O) groups excluding carboxylic acids is 1. The highest BCUT2D eigenvalue weighted by atomic mass is 35.5. The van der Waals surface area contributed by atoms with Gasteiger partial charge >= 0.3 is 5.69 Å². The van der Waals surface area contributed by atoms with Gasteiger partial charge in [0.2, 0.25) is 0 Å². The molecule has 0 bridgehead atoms. The molecule has 0 fully saturated rings. The molecule has 1 aromatic heterocycles. The average Bonchev–Trinajstić information content (AvgIpc) is 2.41. The number of hydrogen-bond acceptors (Lipinski definition) is 3. The molecule has 0 radical (unpaired) electrons. The molecule has 0 saturated heterocycles. The lowest BCUT2D eigenvalue weighted by Crippen LogP contribution is -2.34. The number of carbonyl (C=O) groups is 1. The molecule has 0 atom stereocenters. The summed E-state index contributed by atoms with van der Waals surface area (Å²) in [4.78, 5) is 38.3. The predicted molar refractivity (Wildman–Crippen MR) is 80.2 cm³/mol. The molecule has 2 rings (SSSR count). The first-order chi connectivity index (χ1) is 9.97. The van der Waals surface area contributed by atoms with Crippen LogP contribution in [0.1, 0.15) is 15.9 Å². The van der Waals surface area contributed by atoms with Gasteiger partial charge < -0.3 is 10.3 Å². The Kier molecular flexibility index (Phi) is 4.82. The zero-order valence-electron chi connectivity index (χ0n) is 10.7. The maximum atomic E-state index is 11.8. The van der Waals surface area contributed by atoms with Gasteiger partial charge in [-0.3, -0.25) is 14.6 Å². The summed E-state index contributed by atoms with van der Waals surface area (Å²) in [5.41, 5.74) is -0.723. The quantitative estimate of drug-likeness (QED) is 0.790. The molecule has 0 spiro atoms. The molecule has 1 aromatic carbocycles. The third kappa shape index (κ3) is 3.96. The fourth-order valence-corrected chi connectivity index (χ4v) is 2.21. The van der Waals surface area contributed by atoms with Gasteiger partial charge in [-0.05, 0) is 24.1 Å². The highest BCUT2D eigenvalue weighted by Crippen LogP contribution is 2.20. The molecular formula is C13H11Cl2N3O3. The Balaban J connectivity index is 1.98. The van der Waals surface area contributed by atoms with Crippen molar-refractivity contribution in [2.45, 2.75) is 6.42 Å². The summed E-state index contributed by atoms with van der Waals surface area (Å²) in [5, 5.41) is 3.62. The number of halogens is 2. The molecule has 0 aliphatic rings. The van der Waals surface area contributed by atoms with Gasteiger partial charge in [0.15, 0.2) is 0 Å². The van der Waals surface area contributed by atoms with Crippen LogP contribution in [-0.2, 0) is 6.42 Å². The van der Waals surface area contributed by atoms with Crippen LogP contribution >= 0.6 is 23.2 Å². The first-order valence-electron chi connectivity index (χ1n) is 6.01. The topological polar surface area (TPSA) is 94.8 Å². The molecule has 2 aromatic rings. The van der Waals surface area contributed by atoms with Crippen molar-refractivity contribution in [3.63, 3.8) is 0 Å². The maximum absolute atomic E-state index is 11.8. The van der Waals surface area contributed by atoms with Gasteiger partial charge in [-0.2, -0.15) is 0 Å². The van der Waals surface area contributed by atoms with Gasteiger partial charge in [0.05, 0.1) is 0 Å². The number of amides is 1. The van der Waals surface area contributed by atoms with Gasteiger partial charge in [0.1, 0.15) is 5.56 Å². The summed E-state index contributed by atoms with van der Waals surface area (Å²) in [6.07, 6.45) is 1.56. The number of nitrogens with one attached hydrogen (secondary N) is 3. The Hall–Kier alpha value is -2.05. The Morgan fingerprint density at radius 1 is 1.24 bits per heavy atom. The molecule has 0 saturated carbocycles. The van der Waals surface area contributed by atoms with E-state index in [2.05, 4.69) is 10.3 Å². The van der Waals surface area contributed by atoms with E-state index in [0.29, 0.717) is 23.0 Å². The summed E-state index contributed by atoms with van der Waals surface area (Å²) >= 11 is 11.8. The van der Waals surface area contributed by atoms with Gasteiger partial charge in [0.25, 0.3) is 11.5 Å². The summed E-state index contributed by atoms with van der Waals surface area (Å²) < 4.78 is 0. The number of aromatic amines is 2. The van der Waals surface area contributed by atoms with Crippen molar-refractivity contribution in [1.29, 1.82) is 0 Å². The third-order valence-electron chi connectivity index (χ3n) is 2.76. The van der Waals surface area contributed by atoms with Crippen LogP contribution in [0.5, 0.6) is 0 Å². The van der Waals surface area contributed by atoms with Crippen molar-refractivity contribution in [3.05, 3.63) is 66.4 Å². The monoisotopic (exact) mass is 327 g/mol. The van der Waals surface area contributed by atoms with E-state index in [9.17, 15) is 14.4 Å². The van der Waals surface area contributed by atoms with Crippen LogP contribution < -0.4 is 16.6 Å². The first kappa shape index (κ1) is 15.3. The predicted octanol–water partition coefficient (Wildman–Crippen LogP) is 1.34. The molecule has 8 heteroatoms. The van der Waals surface area contributed by atoms with Crippen LogP contribution in [0.4, 0.5) is 0 Å². The van der Waals surface area contributed by atoms with Crippen LogP contribution in [0.25, 0.3) is 0 Å². The minimum Gasteiger partial charge on any atom is -0.351 e. The second-order valence-electron chi connectivity index (χ2n) is 4.23. The highest BCUT2D eigenvalue weighted by molar-refractivity contribution is 6.35. The van der Waals surface area contributed by atoms with Crippen LogP contribution in [0.3, 0.4) is 0 Å². The summed E-state index contributed by atoms with van der Waals surface area (Å²) in [5.74, 6) is -0.572. The van der Waals surface area contributed by atoms with E-state index in [1.807, 2.05) is 4.98 Å². The molecule has 6 nitrogen and oxygen atoms in total. The molecule has 110 valence electrons. The van der Waals surface area contributed by atoms with Crippen LogP contribution in [0, 0.1) is 0 Å². The molecule has 21 heavy (non-hydrogen) atoms. The number of hydrogen-bond donors (Lipinski definition) is 3. The van der Waals surface area contributed by atoms with Crippen molar-refractivity contribution < 1.29 is 4.79 Å². The largest absolute Gasteiger partial charge is 0.351 e. The molecule has 0 unspecified atom stereocenters. The lowest BCUT2D eigenvalue weighted by Gasteiger charge is -2.06. The van der Waals surface area contributed by atoms with Gasteiger partial charge in [-0.15, -0.1) is 0 Å². The van der Waals surface area contributed by atoms with E-state index in [4.69, 9.17) is 23.2 Å². The molecular weight excluding hydrogens is 317 g/mol. The van der Waals surface area contributed by atoms with E-state index in [1.54, 1.807) is 18.2 Å². The second-order valence-corrected chi connectivity index (χ2v) is 5.07. The lowest BCUT2D eigenvalue weighted by molar-refractivity contribution is 0.0952. The van der Waals surface area contributed by atoms with E-state index >= 15 is 0 Å². The van der Waals surface area contributed by atoms with Gasteiger partial charge in [-0.1, -0.05) is 29.3 Å². The molecule has 0 aliphatic carbocycles. The number of benzene rings is 1. The van der Waals surface area contributed by atoms with Crippen LogP contribution in [0.2, 0.25) is 10.0 Å². The van der Waals surface area contributed by atoms with E-state index in [1.165, 1.54) is 0 Å². The van der Waals surface area contributed by atoms with Crippen LogP contribution in [0.15, 0.2) is 34.0 Å². The van der Waals surface area contributed by atoms with E-state index in [-0.39, 0.29) is 5.56 Å². The zero-order chi connectivity index (χ0) is 15.4. The first-order valence-corrected chi connectivity index (χ1v) is 6.77. The summed E-state index contributed by atoms with van der Waals surface area (Å²) in [7, 11) is 0. The van der Waals surface area contributed by atoms with Gasteiger partial charge in [0, 0.05) is 22.8 Å². The molecule has 1 amide bonds. The summed E-state index contributed by atoms with van der Waals surface area (Å²) in [6.45, 7) is 0.290. The lowest BCUT2D eigenvalue weighted by atomic mass is 10.1. The maximum Gasteiger partial charge on any atom is 0.325 e. The Morgan fingerprint density at radius 3 is 2.67 bits per heavy atom. The number of H-pyrrole nitrogens is 2. The van der Waals surface area contributed by atoms with Gasteiger partial charge in [-0.25, -0.2) is 4.79 Å². The Morgan fingerprint density at radius 2 is 2.00 bits per heavy atom. The normalized spacial score (nSPS) is 10.4. The molecule has 0 aliphatic heterocycles. The van der Waals surface area contributed by atoms with Crippen molar-refractivity contribution >= 4 is 29.1 Å². The van der Waals surface area contributed by atoms with Crippen molar-refractivity contribution in [2.24, 2.45) is 0 Å². The van der Waals surface area contributed by atoms with Crippen LogP contribution in [-0.4, -0.2) is 22.4 Å². The van der Waals surface area contributed by atoms with E-state index < -0.39 is 17.2 Å². The smallest absolute Gasteiger partial charge is 0.325 e. The Labute approximate surface area is 129 Å². The minimum absolute atomic E-state index is 0.156. The molecule has 1 heterocycles. The van der Waals surface area contributed by atoms with Crippen molar-refractivity contribution in [1.82, 2.24) is 15.3 Å². The number of aromatic nitrogens is 2. The number of rotatable bonds is 4. The second kappa shape index (κ2) is 6.60. The third-order valence-corrected chi connectivity index (χ3v) is 3.35. The van der Waals surface area contributed by atoms with E-state index in [0.717, 1.165) is 11.8 Å². The van der Waals surface area contributed by atoms with Crippen molar-refractivity contribution in [3.8, 4) is 0 Å². The zero-order valence-corrected chi connectivity index (χ0v) is 12.2. The van der Waals surface area contributed by atoms with Crippen molar-refractivity contribution in [2.75, 3.05) is 6.54 Å². The molecule has 3 N–H and O–H groups in total.